The molecule has 4 heteroatoms. The van der Waals surface area contributed by atoms with E-state index in [0.717, 1.165) is 0 Å². The van der Waals surface area contributed by atoms with Crippen LogP contribution in [0.15, 0.2) is 59.7 Å². The number of nitrogens with zero attached hydrogens (tertiary/aromatic N) is 2. The number of hydrogen-bond donors (Lipinski definition) is 1. The van der Waals surface area contributed by atoms with Crippen LogP contribution in [0.1, 0.15) is 0 Å². The summed E-state index contributed by atoms with van der Waals surface area (Å²) in [5.74, 6) is 0.122. The molecule has 0 radical (unpaired) electrons. The summed E-state index contributed by atoms with van der Waals surface area (Å²) in [7, 11) is 0. The summed E-state index contributed by atoms with van der Waals surface area (Å²) in [4.78, 5) is 0.523. The second-order valence-corrected chi connectivity index (χ2v) is 3.22. The van der Waals surface area contributed by atoms with E-state index in [1.54, 1.807) is 12.1 Å². The molecule has 0 saturated carbocycles. The molecule has 0 fully saturated rings. The summed E-state index contributed by atoms with van der Waals surface area (Å²) in [6, 6.07) is 14.9. The molecule has 0 aliphatic carbocycles. The van der Waals surface area contributed by atoms with Gasteiger partial charge in [-0.05, 0) is 24.3 Å². The standard InChI is InChI=1S/C12H10N2O2/c15-12-8-6-11(7-9-12)14(16)13-10-4-2-1-3-5-10/h1-9,15H. The van der Waals surface area contributed by atoms with Crippen LogP contribution in [0, 0.1) is 5.21 Å². The summed E-state index contributed by atoms with van der Waals surface area (Å²) in [6.45, 7) is 0. The largest absolute Gasteiger partial charge is 0.594 e. The van der Waals surface area contributed by atoms with Crippen molar-refractivity contribution in [1.29, 1.82) is 0 Å². The lowest BCUT2D eigenvalue weighted by atomic mass is 10.3. The first-order valence-corrected chi connectivity index (χ1v) is 4.79. The van der Waals surface area contributed by atoms with E-state index in [-0.39, 0.29) is 5.75 Å². The zero-order chi connectivity index (χ0) is 11.4. The Hall–Kier alpha value is -2.36. The van der Waals surface area contributed by atoms with E-state index in [0.29, 0.717) is 16.2 Å². The number of aromatic hydroxyl groups is 1. The lowest BCUT2D eigenvalue weighted by molar-refractivity contribution is -0.435. The maximum atomic E-state index is 11.6. The predicted molar refractivity (Wildman–Crippen MR) is 59.9 cm³/mol. The third-order valence-corrected chi connectivity index (χ3v) is 2.03. The summed E-state index contributed by atoms with van der Waals surface area (Å²) < 4.78 is 0. The van der Waals surface area contributed by atoms with Crippen LogP contribution in [0.3, 0.4) is 0 Å². The predicted octanol–water partition coefficient (Wildman–Crippen LogP) is 3.32. The highest BCUT2D eigenvalue weighted by molar-refractivity contribution is 5.37. The molecule has 4 nitrogen and oxygen atoms in total. The van der Waals surface area contributed by atoms with E-state index in [2.05, 4.69) is 5.11 Å². The Morgan fingerprint density at radius 3 is 2.19 bits per heavy atom. The van der Waals surface area contributed by atoms with E-state index < -0.39 is 0 Å². The zero-order valence-electron chi connectivity index (χ0n) is 8.45. The molecular weight excluding hydrogens is 204 g/mol. The second-order valence-electron chi connectivity index (χ2n) is 3.22. The summed E-state index contributed by atoms with van der Waals surface area (Å²) >= 11 is 0. The van der Waals surface area contributed by atoms with Crippen LogP contribution in [-0.4, -0.2) is 9.97 Å². The Morgan fingerprint density at radius 2 is 1.56 bits per heavy atom. The Kier molecular flexibility index (Phi) is 2.82. The zero-order valence-corrected chi connectivity index (χ0v) is 8.45. The third kappa shape index (κ3) is 2.36. The molecule has 0 amide bonds. The molecule has 0 aliphatic rings. The minimum atomic E-state index is 0.122. The van der Waals surface area contributed by atoms with Crippen LogP contribution in [0.4, 0.5) is 11.4 Å². The normalized spacial score (nSPS) is 11.4. The van der Waals surface area contributed by atoms with Crippen LogP contribution in [-0.2, 0) is 0 Å². The minimum absolute atomic E-state index is 0.122. The molecule has 0 heterocycles. The number of azo groups is 1. The molecule has 16 heavy (non-hydrogen) atoms. The van der Waals surface area contributed by atoms with E-state index in [4.69, 9.17) is 5.11 Å². The van der Waals surface area contributed by atoms with E-state index in [9.17, 15) is 5.21 Å². The van der Waals surface area contributed by atoms with Crippen LogP contribution in [0.2, 0.25) is 0 Å². The molecule has 80 valence electrons. The molecule has 2 rings (SSSR count). The lowest BCUT2D eigenvalue weighted by Crippen LogP contribution is -1.89. The molecule has 0 unspecified atom stereocenters. The van der Waals surface area contributed by atoms with Crippen LogP contribution < -0.4 is 0 Å². The fourth-order valence-electron chi connectivity index (χ4n) is 1.24. The molecule has 0 bridgehead atoms. The summed E-state index contributed by atoms with van der Waals surface area (Å²) in [5.41, 5.74) is 0.965. The van der Waals surface area contributed by atoms with Crippen molar-refractivity contribution in [3.05, 3.63) is 59.8 Å². The van der Waals surface area contributed by atoms with Gasteiger partial charge in [0, 0.05) is 17.2 Å². The van der Waals surface area contributed by atoms with Crippen molar-refractivity contribution in [3.8, 4) is 5.75 Å². The molecule has 0 atom stereocenters. The van der Waals surface area contributed by atoms with Crippen molar-refractivity contribution >= 4 is 11.4 Å². The third-order valence-electron chi connectivity index (χ3n) is 2.03. The van der Waals surface area contributed by atoms with Crippen LogP contribution in [0.25, 0.3) is 0 Å². The van der Waals surface area contributed by atoms with Crippen molar-refractivity contribution in [3.63, 3.8) is 0 Å². The average Bonchev–Trinajstić information content (AvgIpc) is 2.31. The molecule has 2 aromatic carbocycles. The monoisotopic (exact) mass is 214 g/mol. The molecular formula is C12H10N2O2. The Morgan fingerprint density at radius 1 is 0.938 bits per heavy atom. The van der Waals surface area contributed by atoms with Crippen LogP contribution >= 0.6 is 0 Å². The van der Waals surface area contributed by atoms with E-state index >= 15 is 0 Å². The number of benzene rings is 2. The van der Waals surface area contributed by atoms with Gasteiger partial charge >= 0.3 is 0 Å². The topological polar surface area (TPSA) is 58.7 Å². The molecule has 2 aromatic rings. The minimum Gasteiger partial charge on any atom is -0.594 e. The molecule has 1 N–H and O–H groups in total. The SMILES string of the molecule is [O-][N+](=Nc1ccccc1)c1ccc(O)cc1. The van der Waals surface area contributed by atoms with Gasteiger partial charge in [0.2, 0.25) is 5.69 Å². The highest BCUT2D eigenvalue weighted by atomic mass is 16.5. The average molecular weight is 214 g/mol. The number of hydrogen-bond acceptors (Lipinski definition) is 3. The highest BCUT2D eigenvalue weighted by Crippen LogP contribution is 2.19. The first-order chi connectivity index (χ1) is 7.75. The van der Waals surface area contributed by atoms with Crippen molar-refractivity contribution in [2.24, 2.45) is 5.11 Å². The fraction of sp³-hybridized carbons (Fsp3) is 0. The van der Waals surface area contributed by atoms with Crippen molar-refractivity contribution in [1.82, 2.24) is 0 Å². The number of phenols is 1. The summed E-state index contributed by atoms with van der Waals surface area (Å²) in [6.07, 6.45) is 0. The van der Waals surface area contributed by atoms with Gasteiger partial charge in [-0.2, -0.15) is 0 Å². The Bertz CT molecular complexity index is 492. The van der Waals surface area contributed by atoms with Gasteiger partial charge in [0.05, 0.1) is 0 Å². The first-order valence-electron chi connectivity index (χ1n) is 4.79. The van der Waals surface area contributed by atoms with Crippen molar-refractivity contribution < 1.29 is 9.97 Å². The van der Waals surface area contributed by atoms with Crippen molar-refractivity contribution in [2.45, 2.75) is 0 Å². The van der Waals surface area contributed by atoms with Gasteiger partial charge in [-0.25, -0.2) is 0 Å². The fourth-order valence-corrected chi connectivity index (χ4v) is 1.24. The lowest BCUT2D eigenvalue weighted by Gasteiger charge is -1.99. The van der Waals surface area contributed by atoms with Gasteiger partial charge in [0.15, 0.2) is 0 Å². The maximum Gasteiger partial charge on any atom is 0.245 e. The highest BCUT2D eigenvalue weighted by Gasteiger charge is 2.03. The second kappa shape index (κ2) is 4.44. The number of rotatable bonds is 2. The maximum absolute atomic E-state index is 11.6. The molecule has 0 aliphatic heterocycles. The van der Waals surface area contributed by atoms with Crippen molar-refractivity contribution in [2.75, 3.05) is 0 Å². The smallest absolute Gasteiger partial charge is 0.245 e. The number of phenolic OH excluding ortho intramolecular Hbond substituents is 1. The molecule has 0 aromatic heterocycles. The molecule has 0 saturated heterocycles. The van der Waals surface area contributed by atoms with Gasteiger partial charge in [-0.3, -0.25) is 0 Å². The van der Waals surface area contributed by atoms with Gasteiger partial charge in [0.25, 0.3) is 0 Å². The van der Waals surface area contributed by atoms with Gasteiger partial charge in [-0.1, -0.05) is 23.1 Å². The van der Waals surface area contributed by atoms with Gasteiger partial charge < -0.3 is 10.3 Å². The van der Waals surface area contributed by atoms with Gasteiger partial charge in [0.1, 0.15) is 11.4 Å². The van der Waals surface area contributed by atoms with E-state index in [1.807, 2.05) is 18.2 Å². The molecule has 0 spiro atoms. The summed E-state index contributed by atoms with van der Waals surface area (Å²) in [5, 5.41) is 24.5. The Labute approximate surface area is 92.7 Å². The Balaban J connectivity index is 2.28. The van der Waals surface area contributed by atoms with Gasteiger partial charge in [-0.15, -0.1) is 0 Å². The quantitative estimate of drug-likeness (QED) is 0.473. The van der Waals surface area contributed by atoms with Crippen LogP contribution in [0.5, 0.6) is 5.75 Å². The first kappa shape index (κ1) is 10.2. The van der Waals surface area contributed by atoms with E-state index in [1.165, 1.54) is 24.3 Å².